The van der Waals surface area contributed by atoms with Crippen LogP contribution < -0.4 is 5.32 Å². The summed E-state index contributed by atoms with van der Waals surface area (Å²) >= 11 is 1.88. The number of carbonyl (C=O) groups is 1. The van der Waals surface area contributed by atoms with Crippen molar-refractivity contribution in [2.24, 2.45) is 0 Å². The molecule has 1 unspecified atom stereocenters. The predicted octanol–water partition coefficient (Wildman–Crippen LogP) is 3.26. The van der Waals surface area contributed by atoms with Gasteiger partial charge in [0.25, 0.3) is 0 Å². The SMILES string of the molecule is CC1(Cc2ccc(C(C)(C)C)s2)CCC(=O)N1. The van der Waals surface area contributed by atoms with Crippen LogP contribution in [0.3, 0.4) is 0 Å². The van der Waals surface area contributed by atoms with Crippen LogP contribution in [0.25, 0.3) is 0 Å². The lowest BCUT2D eigenvalue weighted by molar-refractivity contribution is -0.119. The molecule has 0 aliphatic carbocycles. The summed E-state index contributed by atoms with van der Waals surface area (Å²) in [5.74, 6) is 0.195. The first-order valence-electron chi connectivity index (χ1n) is 6.19. The van der Waals surface area contributed by atoms with Crippen LogP contribution in [0.15, 0.2) is 12.1 Å². The molecule has 0 spiro atoms. The Morgan fingerprint density at radius 3 is 2.59 bits per heavy atom. The minimum atomic E-state index is -0.0307. The van der Waals surface area contributed by atoms with Gasteiger partial charge in [0.15, 0.2) is 0 Å². The van der Waals surface area contributed by atoms with Crippen LogP contribution in [0.1, 0.15) is 50.3 Å². The summed E-state index contributed by atoms with van der Waals surface area (Å²) in [5, 5.41) is 3.09. The predicted molar refractivity (Wildman–Crippen MR) is 72.5 cm³/mol. The zero-order valence-corrected chi connectivity index (χ0v) is 11.9. The van der Waals surface area contributed by atoms with Crippen LogP contribution in [0.5, 0.6) is 0 Å². The van der Waals surface area contributed by atoms with Crippen LogP contribution in [0, 0.1) is 0 Å². The molecule has 1 amide bonds. The second-order valence-electron chi connectivity index (χ2n) is 6.30. The molecule has 17 heavy (non-hydrogen) atoms. The van der Waals surface area contributed by atoms with Gasteiger partial charge in [-0.3, -0.25) is 4.79 Å². The van der Waals surface area contributed by atoms with Gasteiger partial charge in [0.05, 0.1) is 0 Å². The average Bonchev–Trinajstić information content (AvgIpc) is 2.73. The lowest BCUT2D eigenvalue weighted by Gasteiger charge is -2.23. The van der Waals surface area contributed by atoms with Crippen molar-refractivity contribution in [3.05, 3.63) is 21.9 Å². The maximum atomic E-state index is 11.3. The van der Waals surface area contributed by atoms with E-state index >= 15 is 0 Å². The first-order chi connectivity index (χ1) is 7.78. The zero-order chi connectivity index (χ0) is 12.7. The standard InChI is InChI=1S/C14H21NOS/c1-13(2,3)11-6-5-10(17-11)9-14(4)8-7-12(16)15-14/h5-6H,7-9H2,1-4H3,(H,15,16). The molecule has 1 atom stereocenters. The molecule has 1 N–H and O–H groups in total. The van der Waals surface area contributed by atoms with Gasteiger partial charge in [0.1, 0.15) is 0 Å². The zero-order valence-electron chi connectivity index (χ0n) is 11.1. The largest absolute Gasteiger partial charge is 0.351 e. The fraction of sp³-hybridized carbons (Fsp3) is 0.643. The van der Waals surface area contributed by atoms with Gasteiger partial charge >= 0.3 is 0 Å². The molecule has 3 heteroatoms. The molecule has 1 aliphatic rings. The van der Waals surface area contributed by atoms with Crippen molar-refractivity contribution < 1.29 is 4.79 Å². The lowest BCUT2D eigenvalue weighted by atomic mass is 9.94. The second-order valence-corrected chi connectivity index (χ2v) is 7.47. The van der Waals surface area contributed by atoms with Crippen molar-refractivity contribution in [2.45, 2.75) is 57.9 Å². The molecule has 1 aliphatic heterocycles. The number of nitrogens with one attached hydrogen (secondary N) is 1. The topological polar surface area (TPSA) is 29.1 Å². The third-order valence-electron chi connectivity index (χ3n) is 3.31. The molecule has 0 bridgehead atoms. The van der Waals surface area contributed by atoms with Crippen LogP contribution in [-0.2, 0) is 16.6 Å². The van der Waals surface area contributed by atoms with Gasteiger partial charge in [0, 0.05) is 28.1 Å². The highest BCUT2D eigenvalue weighted by Gasteiger charge is 2.33. The van der Waals surface area contributed by atoms with Gasteiger partial charge in [-0.25, -0.2) is 0 Å². The maximum absolute atomic E-state index is 11.3. The molecule has 0 saturated carbocycles. The van der Waals surface area contributed by atoms with Gasteiger partial charge in [0.2, 0.25) is 5.91 Å². The van der Waals surface area contributed by atoms with Crippen molar-refractivity contribution in [2.75, 3.05) is 0 Å². The summed E-state index contributed by atoms with van der Waals surface area (Å²) in [7, 11) is 0. The first kappa shape index (κ1) is 12.6. The Labute approximate surface area is 107 Å². The summed E-state index contributed by atoms with van der Waals surface area (Å²) in [6.07, 6.45) is 2.59. The van der Waals surface area contributed by atoms with Crippen LogP contribution in [0.2, 0.25) is 0 Å². The van der Waals surface area contributed by atoms with Gasteiger partial charge in [-0.1, -0.05) is 20.8 Å². The number of hydrogen-bond donors (Lipinski definition) is 1. The highest BCUT2D eigenvalue weighted by Crippen LogP contribution is 2.33. The molecule has 2 nitrogen and oxygen atoms in total. The Balaban J connectivity index is 2.09. The van der Waals surface area contributed by atoms with Gasteiger partial charge < -0.3 is 5.32 Å². The quantitative estimate of drug-likeness (QED) is 0.859. The molecule has 0 aromatic carbocycles. The minimum absolute atomic E-state index is 0.0307. The lowest BCUT2D eigenvalue weighted by Crippen LogP contribution is -2.40. The highest BCUT2D eigenvalue weighted by molar-refractivity contribution is 7.12. The summed E-state index contributed by atoms with van der Waals surface area (Å²) in [5.41, 5.74) is 0.194. The molecular formula is C14H21NOS. The van der Waals surface area contributed by atoms with Crippen molar-refractivity contribution >= 4 is 17.2 Å². The number of hydrogen-bond acceptors (Lipinski definition) is 2. The van der Waals surface area contributed by atoms with Crippen LogP contribution in [0.4, 0.5) is 0 Å². The molecule has 1 aromatic heterocycles. The Hall–Kier alpha value is -0.830. The summed E-state index contributed by atoms with van der Waals surface area (Å²) in [4.78, 5) is 14.1. The molecule has 2 rings (SSSR count). The van der Waals surface area contributed by atoms with E-state index < -0.39 is 0 Å². The van der Waals surface area contributed by atoms with Crippen molar-refractivity contribution in [3.8, 4) is 0 Å². The third-order valence-corrected chi connectivity index (χ3v) is 4.82. The fourth-order valence-electron chi connectivity index (χ4n) is 2.24. The van der Waals surface area contributed by atoms with E-state index in [1.54, 1.807) is 0 Å². The molecule has 94 valence electrons. The second kappa shape index (κ2) is 4.13. The minimum Gasteiger partial charge on any atom is -0.351 e. The van der Waals surface area contributed by atoms with Gasteiger partial charge in [-0.05, 0) is 30.9 Å². The molecular weight excluding hydrogens is 230 g/mol. The Kier molecular flexibility index (Phi) is 3.06. The monoisotopic (exact) mass is 251 g/mol. The number of carbonyl (C=O) groups excluding carboxylic acids is 1. The maximum Gasteiger partial charge on any atom is 0.220 e. The van der Waals surface area contributed by atoms with Crippen LogP contribution >= 0.6 is 11.3 Å². The van der Waals surface area contributed by atoms with Crippen molar-refractivity contribution in [3.63, 3.8) is 0 Å². The Bertz CT molecular complexity index is 430. The van der Waals surface area contributed by atoms with E-state index in [0.717, 1.165) is 12.8 Å². The van der Waals surface area contributed by atoms with Crippen LogP contribution in [-0.4, -0.2) is 11.4 Å². The summed E-state index contributed by atoms with van der Waals surface area (Å²) in [6, 6.07) is 4.43. The third kappa shape index (κ3) is 2.89. The van der Waals surface area contributed by atoms with Gasteiger partial charge in [-0.15, -0.1) is 11.3 Å². The molecule has 1 fully saturated rings. The van der Waals surface area contributed by atoms with E-state index in [2.05, 4.69) is 45.1 Å². The fourth-order valence-corrected chi connectivity index (χ4v) is 3.50. The number of thiophene rings is 1. The van der Waals surface area contributed by atoms with E-state index in [4.69, 9.17) is 0 Å². The van der Waals surface area contributed by atoms with E-state index in [-0.39, 0.29) is 16.9 Å². The summed E-state index contributed by atoms with van der Waals surface area (Å²) < 4.78 is 0. The first-order valence-corrected chi connectivity index (χ1v) is 7.00. The molecule has 1 aromatic rings. The molecule has 0 radical (unpaired) electrons. The average molecular weight is 251 g/mol. The van der Waals surface area contributed by atoms with Crippen molar-refractivity contribution in [1.82, 2.24) is 5.32 Å². The van der Waals surface area contributed by atoms with Crippen molar-refractivity contribution in [1.29, 1.82) is 0 Å². The molecule has 1 saturated heterocycles. The highest BCUT2D eigenvalue weighted by atomic mass is 32.1. The van der Waals surface area contributed by atoms with E-state index in [0.29, 0.717) is 6.42 Å². The van der Waals surface area contributed by atoms with Gasteiger partial charge in [-0.2, -0.15) is 0 Å². The van der Waals surface area contributed by atoms with E-state index in [1.165, 1.54) is 9.75 Å². The molecule has 2 heterocycles. The van der Waals surface area contributed by atoms with E-state index in [1.807, 2.05) is 11.3 Å². The Morgan fingerprint density at radius 1 is 1.41 bits per heavy atom. The summed E-state index contributed by atoms with van der Waals surface area (Å²) in [6.45, 7) is 8.86. The Morgan fingerprint density at radius 2 is 2.12 bits per heavy atom. The number of amides is 1. The smallest absolute Gasteiger partial charge is 0.220 e. The van der Waals surface area contributed by atoms with E-state index in [9.17, 15) is 4.79 Å². The normalized spacial score (nSPS) is 25.1. The number of rotatable bonds is 2.